The second kappa shape index (κ2) is 9.27. The lowest BCUT2D eigenvalue weighted by molar-refractivity contribution is -0.139. The lowest BCUT2D eigenvalue weighted by Gasteiger charge is -2.39. The zero-order chi connectivity index (χ0) is 19.1. The Morgan fingerprint density at radius 2 is 1.85 bits per heavy atom. The van der Waals surface area contributed by atoms with Crippen molar-refractivity contribution in [3.8, 4) is 11.5 Å². The molecule has 1 saturated heterocycles. The molecule has 1 aromatic rings. The van der Waals surface area contributed by atoms with Gasteiger partial charge in [-0.15, -0.1) is 0 Å². The van der Waals surface area contributed by atoms with Crippen LogP contribution in [0.25, 0.3) is 6.08 Å². The minimum absolute atomic E-state index is 0.0126. The first-order chi connectivity index (χ1) is 12.5. The maximum atomic E-state index is 12.6. The number of carbonyl (C=O) groups excluding carboxylic acids is 2. The molecular weight excluding hydrogens is 334 g/mol. The van der Waals surface area contributed by atoms with Gasteiger partial charge in [-0.2, -0.15) is 0 Å². The normalized spacial score (nSPS) is 20.1. The van der Waals surface area contributed by atoms with Crippen LogP contribution in [-0.4, -0.2) is 49.7 Å². The number of likely N-dealkylation sites (tertiary alicyclic amines) is 1. The van der Waals surface area contributed by atoms with Crippen LogP contribution in [0.3, 0.4) is 0 Å². The van der Waals surface area contributed by atoms with Crippen molar-refractivity contribution in [2.24, 2.45) is 0 Å². The molecule has 0 aromatic heterocycles. The standard InChI is InChI=1S/C20H27NO5/c1-14-6-5-7-15(2)21(14)19(22)13-26-17-10-8-16(12-18(17)24-3)9-11-20(23)25-4/h8-12,14-15H,5-7,13H2,1-4H3. The fourth-order valence-electron chi connectivity index (χ4n) is 3.27. The third kappa shape index (κ3) is 5.00. The molecule has 2 rings (SSSR count). The average Bonchev–Trinajstić information content (AvgIpc) is 2.64. The number of piperidine rings is 1. The fraction of sp³-hybridized carbons (Fsp3) is 0.500. The maximum absolute atomic E-state index is 12.6. The van der Waals surface area contributed by atoms with Crippen LogP contribution in [-0.2, 0) is 14.3 Å². The van der Waals surface area contributed by atoms with Crippen LogP contribution < -0.4 is 9.47 Å². The molecule has 142 valence electrons. The summed E-state index contributed by atoms with van der Waals surface area (Å²) >= 11 is 0. The number of esters is 1. The van der Waals surface area contributed by atoms with E-state index >= 15 is 0 Å². The van der Waals surface area contributed by atoms with Crippen LogP contribution in [0, 0.1) is 0 Å². The minimum atomic E-state index is -0.431. The summed E-state index contributed by atoms with van der Waals surface area (Å²) in [4.78, 5) is 25.7. The van der Waals surface area contributed by atoms with Gasteiger partial charge in [-0.3, -0.25) is 4.79 Å². The summed E-state index contributed by atoms with van der Waals surface area (Å²) in [7, 11) is 2.86. The van der Waals surface area contributed by atoms with Crippen molar-refractivity contribution in [2.45, 2.75) is 45.2 Å². The Hall–Kier alpha value is -2.50. The predicted octanol–water partition coefficient (Wildman–Crippen LogP) is 3.05. The van der Waals surface area contributed by atoms with E-state index in [0.717, 1.165) is 24.8 Å². The molecule has 1 aliphatic heterocycles. The zero-order valence-corrected chi connectivity index (χ0v) is 15.9. The van der Waals surface area contributed by atoms with Gasteiger partial charge in [0.1, 0.15) is 0 Å². The van der Waals surface area contributed by atoms with Crippen molar-refractivity contribution in [3.05, 3.63) is 29.8 Å². The van der Waals surface area contributed by atoms with E-state index in [1.165, 1.54) is 20.3 Å². The van der Waals surface area contributed by atoms with Crippen LogP contribution in [0.4, 0.5) is 0 Å². The first kappa shape index (κ1) is 19.8. The molecule has 2 unspecified atom stereocenters. The van der Waals surface area contributed by atoms with Gasteiger partial charge in [0.25, 0.3) is 5.91 Å². The lowest BCUT2D eigenvalue weighted by Crippen LogP contribution is -2.49. The first-order valence-electron chi connectivity index (χ1n) is 8.84. The number of hydrogen-bond donors (Lipinski definition) is 0. The van der Waals surface area contributed by atoms with E-state index in [9.17, 15) is 9.59 Å². The lowest BCUT2D eigenvalue weighted by atomic mass is 9.97. The number of benzene rings is 1. The van der Waals surface area contributed by atoms with Crippen LogP contribution in [0.15, 0.2) is 24.3 Å². The highest BCUT2D eigenvalue weighted by Crippen LogP contribution is 2.29. The zero-order valence-electron chi connectivity index (χ0n) is 15.9. The van der Waals surface area contributed by atoms with E-state index in [0.29, 0.717) is 11.5 Å². The third-order valence-electron chi connectivity index (χ3n) is 4.63. The molecule has 26 heavy (non-hydrogen) atoms. The molecule has 0 spiro atoms. The van der Waals surface area contributed by atoms with Crippen molar-refractivity contribution in [1.82, 2.24) is 4.90 Å². The second-order valence-electron chi connectivity index (χ2n) is 6.49. The summed E-state index contributed by atoms with van der Waals surface area (Å²) in [6.45, 7) is 4.13. The molecule has 1 aliphatic rings. The van der Waals surface area contributed by atoms with Crippen molar-refractivity contribution in [2.75, 3.05) is 20.8 Å². The van der Waals surface area contributed by atoms with E-state index < -0.39 is 5.97 Å². The predicted molar refractivity (Wildman–Crippen MR) is 99.2 cm³/mol. The number of methoxy groups -OCH3 is 2. The van der Waals surface area contributed by atoms with Gasteiger partial charge in [-0.05, 0) is 56.9 Å². The number of ether oxygens (including phenoxy) is 3. The SMILES string of the molecule is COC(=O)C=Cc1ccc(OCC(=O)N2C(C)CCCC2C)c(OC)c1. The third-order valence-corrected chi connectivity index (χ3v) is 4.63. The molecular formula is C20H27NO5. The van der Waals surface area contributed by atoms with Crippen molar-refractivity contribution in [3.63, 3.8) is 0 Å². The van der Waals surface area contributed by atoms with E-state index in [1.807, 2.05) is 4.90 Å². The highest BCUT2D eigenvalue weighted by Gasteiger charge is 2.29. The summed E-state index contributed by atoms with van der Waals surface area (Å²) in [5.41, 5.74) is 0.768. The van der Waals surface area contributed by atoms with Gasteiger partial charge >= 0.3 is 5.97 Å². The Bertz CT molecular complexity index is 660. The van der Waals surface area contributed by atoms with Crippen LogP contribution in [0.2, 0.25) is 0 Å². The van der Waals surface area contributed by atoms with Gasteiger partial charge in [-0.25, -0.2) is 4.79 Å². The van der Waals surface area contributed by atoms with Crippen molar-refractivity contribution >= 4 is 18.0 Å². The van der Waals surface area contributed by atoms with Crippen LogP contribution >= 0.6 is 0 Å². The fourth-order valence-corrected chi connectivity index (χ4v) is 3.27. The molecule has 6 heteroatoms. The smallest absolute Gasteiger partial charge is 0.330 e. The van der Waals surface area contributed by atoms with Crippen molar-refractivity contribution < 1.29 is 23.8 Å². The van der Waals surface area contributed by atoms with Gasteiger partial charge in [0.05, 0.1) is 14.2 Å². The molecule has 1 heterocycles. The van der Waals surface area contributed by atoms with E-state index in [4.69, 9.17) is 9.47 Å². The Kier molecular flexibility index (Phi) is 7.06. The molecule has 0 bridgehead atoms. The Labute approximate surface area is 154 Å². The summed E-state index contributed by atoms with van der Waals surface area (Å²) in [5.74, 6) is 0.555. The van der Waals surface area contributed by atoms with Gasteiger partial charge in [0.2, 0.25) is 0 Å². The summed E-state index contributed by atoms with van der Waals surface area (Å²) in [5, 5.41) is 0. The largest absolute Gasteiger partial charge is 0.493 e. The molecule has 0 aliphatic carbocycles. The summed E-state index contributed by atoms with van der Waals surface area (Å²) in [6.07, 6.45) is 6.17. The summed E-state index contributed by atoms with van der Waals surface area (Å²) in [6, 6.07) is 5.73. The number of carbonyl (C=O) groups is 2. The summed E-state index contributed by atoms with van der Waals surface area (Å²) < 4.78 is 15.6. The molecule has 1 fully saturated rings. The number of amides is 1. The van der Waals surface area contributed by atoms with Crippen LogP contribution in [0.5, 0.6) is 11.5 Å². The molecule has 2 atom stereocenters. The van der Waals surface area contributed by atoms with E-state index in [2.05, 4.69) is 18.6 Å². The number of rotatable bonds is 6. The maximum Gasteiger partial charge on any atom is 0.330 e. The average molecular weight is 361 g/mol. The Balaban J connectivity index is 2.03. The first-order valence-corrected chi connectivity index (χ1v) is 8.84. The number of hydrogen-bond acceptors (Lipinski definition) is 5. The molecule has 0 N–H and O–H groups in total. The van der Waals surface area contributed by atoms with Gasteiger partial charge in [0.15, 0.2) is 18.1 Å². The molecule has 0 radical (unpaired) electrons. The van der Waals surface area contributed by atoms with Gasteiger partial charge < -0.3 is 19.1 Å². The highest BCUT2D eigenvalue weighted by molar-refractivity contribution is 5.87. The molecule has 1 amide bonds. The van der Waals surface area contributed by atoms with Gasteiger partial charge in [-0.1, -0.05) is 6.07 Å². The highest BCUT2D eigenvalue weighted by atomic mass is 16.5. The van der Waals surface area contributed by atoms with Gasteiger partial charge in [0, 0.05) is 18.2 Å². The minimum Gasteiger partial charge on any atom is -0.493 e. The van der Waals surface area contributed by atoms with E-state index in [1.54, 1.807) is 24.3 Å². The molecule has 1 aromatic carbocycles. The van der Waals surface area contributed by atoms with E-state index in [-0.39, 0.29) is 24.6 Å². The van der Waals surface area contributed by atoms with Crippen molar-refractivity contribution in [1.29, 1.82) is 0 Å². The number of nitrogens with zero attached hydrogens (tertiary/aromatic N) is 1. The second-order valence-corrected chi connectivity index (χ2v) is 6.49. The molecule has 6 nitrogen and oxygen atoms in total. The topological polar surface area (TPSA) is 65.1 Å². The monoisotopic (exact) mass is 361 g/mol. The van der Waals surface area contributed by atoms with Crippen LogP contribution in [0.1, 0.15) is 38.7 Å². The Morgan fingerprint density at radius 1 is 1.15 bits per heavy atom. The molecule has 0 saturated carbocycles. The Morgan fingerprint density at radius 3 is 2.46 bits per heavy atom. The quantitative estimate of drug-likeness (QED) is 0.576.